The first kappa shape index (κ1) is 17.2. The van der Waals surface area contributed by atoms with E-state index in [-0.39, 0.29) is 17.7 Å². The van der Waals surface area contributed by atoms with E-state index in [0.29, 0.717) is 5.56 Å². The number of amides is 2. The Bertz CT molecular complexity index is 656. The topological polar surface area (TPSA) is 58.2 Å². The molecule has 0 radical (unpaired) electrons. The molecule has 23 heavy (non-hydrogen) atoms. The molecule has 2 rings (SSSR count). The van der Waals surface area contributed by atoms with Crippen molar-refractivity contribution in [3.8, 4) is 0 Å². The van der Waals surface area contributed by atoms with Crippen LogP contribution in [-0.2, 0) is 4.79 Å². The molecule has 0 aliphatic rings. The molecule has 2 N–H and O–H groups in total. The summed E-state index contributed by atoms with van der Waals surface area (Å²) in [6.07, 6.45) is 1.61. The number of nitrogens with one attached hydrogen (secondary N) is 2. The summed E-state index contributed by atoms with van der Waals surface area (Å²) in [4.78, 5) is 24.4. The second-order valence-corrected chi connectivity index (χ2v) is 6.12. The van der Waals surface area contributed by atoms with Crippen molar-refractivity contribution in [2.24, 2.45) is 0 Å². The second-order valence-electron chi connectivity index (χ2n) is 5.20. The molecule has 2 amide bonds. The van der Waals surface area contributed by atoms with Crippen LogP contribution in [0.1, 0.15) is 41.6 Å². The van der Waals surface area contributed by atoms with E-state index in [2.05, 4.69) is 26.8 Å². The summed E-state index contributed by atoms with van der Waals surface area (Å²) in [6.45, 7) is 2.03. The minimum absolute atomic E-state index is 0.205. The third-order valence-electron chi connectivity index (χ3n) is 3.50. The van der Waals surface area contributed by atoms with Gasteiger partial charge in [-0.2, -0.15) is 0 Å². The Labute approximate surface area is 144 Å². The van der Waals surface area contributed by atoms with Crippen molar-refractivity contribution >= 4 is 27.7 Å². The van der Waals surface area contributed by atoms with E-state index < -0.39 is 0 Å². The molecule has 1 unspecified atom stereocenters. The smallest absolute Gasteiger partial charge is 0.269 e. The summed E-state index contributed by atoms with van der Waals surface area (Å²) < 4.78 is 0.894. The van der Waals surface area contributed by atoms with Crippen LogP contribution in [0, 0.1) is 0 Å². The van der Waals surface area contributed by atoms with Gasteiger partial charge in [-0.05, 0) is 36.2 Å². The Kier molecular flexibility index (Phi) is 6.35. The zero-order valence-corrected chi connectivity index (χ0v) is 14.5. The predicted molar refractivity (Wildman–Crippen MR) is 93.8 cm³/mol. The number of rotatable bonds is 5. The lowest BCUT2D eigenvalue weighted by atomic mass is 9.94. The molecule has 0 aliphatic heterocycles. The summed E-state index contributed by atoms with van der Waals surface area (Å²) in [6, 6.07) is 16.5. The minimum atomic E-state index is -0.339. The largest absolute Gasteiger partial charge is 0.273 e. The highest BCUT2D eigenvalue weighted by atomic mass is 79.9. The fourth-order valence-electron chi connectivity index (χ4n) is 2.30. The van der Waals surface area contributed by atoms with Gasteiger partial charge in [0.05, 0.1) is 5.92 Å². The quantitative estimate of drug-likeness (QED) is 0.782. The number of hydrogen-bond donors (Lipinski definition) is 2. The van der Waals surface area contributed by atoms with Gasteiger partial charge in [0.2, 0.25) is 5.91 Å². The maximum absolute atomic E-state index is 12.4. The fraction of sp³-hybridized carbons (Fsp3) is 0.222. The van der Waals surface area contributed by atoms with Gasteiger partial charge < -0.3 is 0 Å². The first-order valence-corrected chi connectivity index (χ1v) is 8.31. The maximum Gasteiger partial charge on any atom is 0.269 e. The summed E-state index contributed by atoms with van der Waals surface area (Å²) in [5.74, 6) is -0.816. The summed E-state index contributed by atoms with van der Waals surface area (Å²) in [7, 11) is 0. The molecular weight excluding hydrogens is 356 g/mol. The average Bonchev–Trinajstić information content (AvgIpc) is 2.58. The van der Waals surface area contributed by atoms with Crippen LogP contribution in [0.2, 0.25) is 0 Å². The van der Waals surface area contributed by atoms with E-state index in [4.69, 9.17) is 0 Å². The number of benzene rings is 2. The van der Waals surface area contributed by atoms with Crippen molar-refractivity contribution in [3.63, 3.8) is 0 Å². The molecule has 0 aromatic heterocycles. The van der Waals surface area contributed by atoms with Crippen molar-refractivity contribution in [1.82, 2.24) is 10.9 Å². The Morgan fingerprint density at radius 2 is 1.65 bits per heavy atom. The molecule has 0 bridgehead atoms. The predicted octanol–water partition coefficient (Wildman–Crippen LogP) is 3.79. The monoisotopic (exact) mass is 374 g/mol. The Morgan fingerprint density at radius 3 is 2.26 bits per heavy atom. The maximum atomic E-state index is 12.4. The van der Waals surface area contributed by atoms with Crippen molar-refractivity contribution in [2.75, 3.05) is 0 Å². The molecule has 1 atom stereocenters. The highest BCUT2D eigenvalue weighted by molar-refractivity contribution is 9.10. The molecule has 0 fully saturated rings. The Hall–Kier alpha value is -2.14. The molecule has 0 saturated carbocycles. The van der Waals surface area contributed by atoms with Crippen molar-refractivity contribution < 1.29 is 9.59 Å². The molecule has 5 heteroatoms. The molecule has 120 valence electrons. The Morgan fingerprint density at radius 1 is 1.00 bits per heavy atom. The van der Waals surface area contributed by atoms with Crippen LogP contribution in [0.5, 0.6) is 0 Å². The lowest BCUT2D eigenvalue weighted by Crippen LogP contribution is -2.44. The van der Waals surface area contributed by atoms with Crippen molar-refractivity contribution in [2.45, 2.75) is 25.7 Å². The van der Waals surface area contributed by atoms with Gasteiger partial charge in [-0.15, -0.1) is 0 Å². The number of halogens is 1. The van der Waals surface area contributed by atoms with Gasteiger partial charge in [0.25, 0.3) is 5.91 Å². The first-order valence-electron chi connectivity index (χ1n) is 7.52. The number of carbonyl (C=O) groups is 2. The van der Waals surface area contributed by atoms with Crippen LogP contribution in [0.15, 0.2) is 59.1 Å². The third kappa shape index (κ3) is 4.93. The molecule has 2 aromatic rings. The zero-order chi connectivity index (χ0) is 16.7. The van der Waals surface area contributed by atoms with Gasteiger partial charge in [-0.3, -0.25) is 20.4 Å². The molecular formula is C18H19BrN2O2. The van der Waals surface area contributed by atoms with E-state index in [1.54, 1.807) is 24.3 Å². The highest BCUT2D eigenvalue weighted by Gasteiger charge is 2.20. The van der Waals surface area contributed by atoms with Crippen LogP contribution in [0.25, 0.3) is 0 Å². The first-order chi connectivity index (χ1) is 11.1. The fourth-order valence-corrected chi connectivity index (χ4v) is 2.57. The van der Waals surface area contributed by atoms with E-state index in [1.807, 2.05) is 37.3 Å². The number of hydrogen-bond acceptors (Lipinski definition) is 2. The minimum Gasteiger partial charge on any atom is -0.273 e. The lowest BCUT2D eigenvalue weighted by Gasteiger charge is -2.17. The number of carbonyl (C=O) groups excluding carboxylic acids is 2. The van der Waals surface area contributed by atoms with Gasteiger partial charge in [0.1, 0.15) is 0 Å². The number of hydrazine groups is 1. The normalized spacial score (nSPS) is 11.6. The van der Waals surface area contributed by atoms with Crippen LogP contribution < -0.4 is 10.9 Å². The summed E-state index contributed by atoms with van der Waals surface area (Å²) in [5, 5.41) is 0. The van der Waals surface area contributed by atoms with Crippen LogP contribution in [0.4, 0.5) is 0 Å². The molecule has 4 nitrogen and oxygen atoms in total. The van der Waals surface area contributed by atoms with E-state index in [9.17, 15) is 9.59 Å². The summed E-state index contributed by atoms with van der Waals surface area (Å²) >= 11 is 3.32. The lowest BCUT2D eigenvalue weighted by molar-refractivity contribution is -0.123. The molecule has 0 saturated heterocycles. The van der Waals surface area contributed by atoms with Gasteiger partial charge in [0.15, 0.2) is 0 Å². The van der Waals surface area contributed by atoms with Crippen molar-refractivity contribution in [1.29, 1.82) is 0 Å². The van der Waals surface area contributed by atoms with E-state index in [0.717, 1.165) is 22.9 Å². The molecule has 2 aromatic carbocycles. The third-order valence-corrected chi connectivity index (χ3v) is 4.03. The molecule has 0 heterocycles. The van der Waals surface area contributed by atoms with Gasteiger partial charge in [-0.25, -0.2) is 0 Å². The average molecular weight is 375 g/mol. The molecule has 0 spiro atoms. The zero-order valence-electron chi connectivity index (χ0n) is 12.9. The van der Waals surface area contributed by atoms with Crippen LogP contribution >= 0.6 is 15.9 Å². The Balaban J connectivity index is 1.99. The second kappa shape index (κ2) is 8.48. The highest BCUT2D eigenvalue weighted by Crippen LogP contribution is 2.21. The van der Waals surface area contributed by atoms with Crippen molar-refractivity contribution in [3.05, 3.63) is 70.2 Å². The van der Waals surface area contributed by atoms with Gasteiger partial charge >= 0.3 is 0 Å². The van der Waals surface area contributed by atoms with Gasteiger partial charge in [-0.1, -0.05) is 59.6 Å². The van der Waals surface area contributed by atoms with Crippen LogP contribution in [0.3, 0.4) is 0 Å². The van der Waals surface area contributed by atoms with E-state index in [1.165, 1.54) is 0 Å². The van der Waals surface area contributed by atoms with Gasteiger partial charge in [0, 0.05) is 10.0 Å². The SMILES string of the molecule is CCCC(C(=O)NNC(=O)c1ccc(Br)cc1)c1ccccc1. The van der Waals surface area contributed by atoms with E-state index >= 15 is 0 Å². The summed E-state index contributed by atoms with van der Waals surface area (Å²) in [5.41, 5.74) is 6.44. The molecule has 0 aliphatic carbocycles. The standard InChI is InChI=1S/C18H19BrN2O2/c1-2-6-16(13-7-4-3-5-8-13)18(23)21-20-17(22)14-9-11-15(19)12-10-14/h3-5,7-12,16H,2,6H2,1H3,(H,20,22)(H,21,23). The van der Waals surface area contributed by atoms with Crippen LogP contribution in [-0.4, -0.2) is 11.8 Å².